The molecule has 0 aliphatic heterocycles. The molecule has 1 unspecified atom stereocenters. The van der Waals surface area contributed by atoms with Crippen LogP contribution in [-0.4, -0.2) is 9.97 Å². The molecule has 0 spiro atoms. The molecule has 1 aromatic carbocycles. The minimum atomic E-state index is -0.354. The van der Waals surface area contributed by atoms with Crippen LogP contribution in [-0.2, 0) is 0 Å². The van der Waals surface area contributed by atoms with E-state index in [-0.39, 0.29) is 17.3 Å². The van der Waals surface area contributed by atoms with E-state index in [1.807, 2.05) is 31.2 Å². The summed E-state index contributed by atoms with van der Waals surface area (Å²) in [5.41, 5.74) is 12.8. The summed E-state index contributed by atoms with van der Waals surface area (Å²) in [5, 5.41) is 3.08. The van der Waals surface area contributed by atoms with Gasteiger partial charge in [0.15, 0.2) is 5.82 Å². The second kappa shape index (κ2) is 4.79. The fraction of sp³-hybridized carbons (Fsp3) is 0.167. The molecular weight excluding hydrogens is 230 g/mol. The number of H-pyrrole nitrogens is 1. The number of nitrogens with zero attached hydrogens (tertiary/aromatic N) is 1. The third-order valence-corrected chi connectivity index (χ3v) is 2.65. The van der Waals surface area contributed by atoms with E-state index in [0.717, 1.165) is 5.56 Å². The zero-order valence-corrected chi connectivity index (χ0v) is 9.97. The van der Waals surface area contributed by atoms with Crippen LogP contribution in [0.2, 0.25) is 0 Å². The summed E-state index contributed by atoms with van der Waals surface area (Å²) in [6.45, 7) is 1.94. The molecule has 0 fully saturated rings. The van der Waals surface area contributed by atoms with Gasteiger partial charge in [-0.25, -0.2) is 4.98 Å². The van der Waals surface area contributed by atoms with E-state index in [1.165, 1.54) is 6.33 Å². The summed E-state index contributed by atoms with van der Waals surface area (Å²) in [6.07, 6.45) is 1.31. The number of aromatic nitrogens is 2. The first-order valence-corrected chi connectivity index (χ1v) is 5.53. The third kappa shape index (κ3) is 2.42. The molecule has 94 valence electrons. The Morgan fingerprint density at radius 2 is 2.17 bits per heavy atom. The second-order valence-electron chi connectivity index (χ2n) is 4.03. The molecule has 0 aliphatic carbocycles. The van der Waals surface area contributed by atoms with Crippen LogP contribution in [0, 0.1) is 0 Å². The normalized spacial score (nSPS) is 12.1. The lowest BCUT2D eigenvalue weighted by Gasteiger charge is -2.16. The van der Waals surface area contributed by atoms with Gasteiger partial charge in [0, 0.05) is 5.69 Å². The maximum absolute atomic E-state index is 11.3. The summed E-state index contributed by atoms with van der Waals surface area (Å²) in [5.74, 6) is 0.369. The number of nitrogen functional groups attached to an aromatic ring is 2. The zero-order valence-electron chi connectivity index (χ0n) is 9.97. The zero-order chi connectivity index (χ0) is 13.1. The van der Waals surface area contributed by atoms with Crippen LogP contribution < -0.4 is 22.3 Å². The molecule has 18 heavy (non-hydrogen) atoms. The van der Waals surface area contributed by atoms with Crippen molar-refractivity contribution in [2.45, 2.75) is 13.0 Å². The van der Waals surface area contributed by atoms with E-state index in [2.05, 4.69) is 15.3 Å². The fourth-order valence-electron chi connectivity index (χ4n) is 1.64. The summed E-state index contributed by atoms with van der Waals surface area (Å²) < 4.78 is 0. The summed E-state index contributed by atoms with van der Waals surface area (Å²) >= 11 is 0. The maximum Gasteiger partial charge on any atom is 0.276 e. The highest BCUT2D eigenvalue weighted by atomic mass is 16.1. The van der Waals surface area contributed by atoms with E-state index in [1.54, 1.807) is 0 Å². The molecule has 0 aliphatic rings. The van der Waals surface area contributed by atoms with Crippen LogP contribution in [0.3, 0.4) is 0 Å². The highest BCUT2D eigenvalue weighted by Gasteiger charge is 2.10. The topological polar surface area (TPSA) is 110 Å². The van der Waals surface area contributed by atoms with Gasteiger partial charge in [0.05, 0.1) is 12.4 Å². The van der Waals surface area contributed by atoms with Crippen molar-refractivity contribution in [2.75, 3.05) is 16.8 Å². The molecule has 0 bridgehead atoms. The quantitative estimate of drug-likeness (QED) is 0.605. The van der Waals surface area contributed by atoms with E-state index < -0.39 is 0 Å². The van der Waals surface area contributed by atoms with Gasteiger partial charge in [-0.3, -0.25) is 4.79 Å². The molecular formula is C12H15N5O. The predicted molar refractivity (Wildman–Crippen MR) is 72.2 cm³/mol. The van der Waals surface area contributed by atoms with Crippen molar-refractivity contribution in [3.63, 3.8) is 0 Å². The van der Waals surface area contributed by atoms with E-state index in [4.69, 9.17) is 11.5 Å². The van der Waals surface area contributed by atoms with Gasteiger partial charge in [-0.05, 0) is 24.6 Å². The van der Waals surface area contributed by atoms with Crippen molar-refractivity contribution in [3.05, 3.63) is 46.5 Å². The molecule has 0 saturated heterocycles. The van der Waals surface area contributed by atoms with Crippen molar-refractivity contribution < 1.29 is 0 Å². The van der Waals surface area contributed by atoms with E-state index in [0.29, 0.717) is 11.5 Å². The van der Waals surface area contributed by atoms with E-state index >= 15 is 0 Å². The predicted octanol–water partition coefficient (Wildman–Crippen LogP) is 1.11. The number of benzene rings is 1. The Hall–Kier alpha value is -2.50. The van der Waals surface area contributed by atoms with Crippen molar-refractivity contribution in [1.29, 1.82) is 0 Å². The molecule has 1 heterocycles. The summed E-state index contributed by atoms with van der Waals surface area (Å²) in [7, 11) is 0. The number of hydrogen-bond donors (Lipinski definition) is 4. The van der Waals surface area contributed by atoms with Crippen LogP contribution in [0.1, 0.15) is 18.5 Å². The van der Waals surface area contributed by atoms with Crippen LogP contribution in [0.25, 0.3) is 0 Å². The molecule has 2 rings (SSSR count). The highest BCUT2D eigenvalue weighted by Crippen LogP contribution is 2.20. The Labute approximate surface area is 104 Å². The Morgan fingerprint density at radius 3 is 2.89 bits per heavy atom. The molecule has 6 heteroatoms. The van der Waals surface area contributed by atoms with Gasteiger partial charge in [-0.15, -0.1) is 0 Å². The van der Waals surface area contributed by atoms with Crippen molar-refractivity contribution >= 4 is 17.2 Å². The third-order valence-electron chi connectivity index (χ3n) is 2.65. The Balaban J connectivity index is 2.24. The Bertz CT molecular complexity index is 607. The first kappa shape index (κ1) is 12.0. The SMILES string of the molecule is CC(Nc1nc[nH]c(=O)c1N)c1cccc(N)c1. The van der Waals surface area contributed by atoms with Gasteiger partial charge in [0.25, 0.3) is 5.56 Å². The molecule has 6 nitrogen and oxygen atoms in total. The smallest absolute Gasteiger partial charge is 0.276 e. The van der Waals surface area contributed by atoms with Gasteiger partial charge < -0.3 is 21.8 Å². The van der Waals surface area contributed by atoms with Crippen molar-refractivity contribution in [1.82, 2.24) is 9.97 Å². The van der Waals surface area contributed by atoms with Crippen LogP contribution in [0.15, 0.2) is 35.4 Å². The monoisotopic (exact) mass is 245 g/mol. The minimum Gasteiger partial charge on any atom is -0.399 e. The van der Waals surface area contributed by atoms with Crippen LogP contribution in [0.4, 0.5) is 17.2 Å². The molecule has 2 aromatic rings. The number of aromatic amines is 1. The average molecular weight is 245 g/mol. The second-order valence-corrected chi connectivity index (χ2v) is 4.03. The first-order valence-electron chi connectivity index (χ1n) is 5.53. The van der Waals surface area contributed by atoms with Gasteiger partial charge in [-0.2, -0.15) is 0 Å². The van der Waals surface area contributed by atoms with Crippen molar-refractivity contribution in [3.8, 4) is 0 Å². The number of hydrogen-bond acceptors (Lipinski definition) is 5. The number of nitrogens with two attached hydrogens (primary N) is 2. The largest absolute Gasteiger partial charge is 0.399 e. The Morgan fingerprint density at radius 1 is 1.39 bits per heavy atom. The molecule has 0 radical (unpaired) electrons. The molecule has 6 N–H and O–H groups in total. The van der Waals surface area contributed by atoms with Gasteiger partial charge >= 0.3 is 0 Å². The highest BCUT2D eigenvalue weighted by molar-refractivity contribution is 5.60. The Kier molecular flexibility index (Phi) is 3.18. The number of nitrogens with one attached hydrogen (secondary N) is 2. The average Bonchev–Trinajstić information content (AvgIpc) is 2.35. The molecule has 1 aromatic heterocycles. The van der Waals surface area contributed by atoms with Gasteiger partial charge in [-0.1, -0.05) is 12.1 Å². The van der Waals surface area contributed by atoms with Gasteiger partial charge in [0.2, 0.25) is 0 Å². The van der Waals surface area contributed by atoms with Crippen LogP contribution in [0.5, 0.6) is 0 Å². The molecule has 0 amide bonds. The lowest BCUT2D eigenvalue weighted by Crippen LogP contribution is -2.17. The maximum atomic E-state index is 11.3. The molecule has 1 atom stereocenters. The first-order chi connectivity index (χ1) is 8.58. The summed E-state index contributed by atoms with van der Waals surface area (Å²) in [4.78, 5) is 17.7. The lowest BCUT2D eigenvalue weighted by molar-refractivity contribution is 0.872. The fourth-order valence-corrected chi connectivity index (χ4v) is 1.64. The van der Waals surface area contributed by atoms with Crippen molar-refractivity contribution in [2.24, 2.45) is 0 Å². The number of rotatable bonds is 3. The molecule has 0 saturated carbocycles. The van der Waals surface area contributed by atoms with E-state index in [9.17, 15) is 4.79 Å². The lowest BCUT2D eigenvalue weighted by atomic mass is 10.1. The minimum absolute atomic E-state index is 0.0508. The van der Waals surface area contributed by atoms with Gasteiger partial charge in [0.1, 0.15) is 5.69 Å². The summed E-state index contributed by atoms with van der Waals surface area (Å²) in [6, 6.07) is 7.44. The van der Waals surface area contributed by atoms with Crippen LogP contribution >= 0.6 is 0 Å². The number of anilines is 3. The standard InChI is InChI=1S/C12H15N5O/c1-7(8-3-2-4-9(13)5-8)17-11-10(14)12(18)16-6-15-11/h2-7H,13-14H2,1H3,(H2,15,16,17,18).